The predicted octanol–water partition coefficient (Wildman–Crippen LogP) is 0.0360. The van der Waals surface area contributed by atoms with Crippen molar-refractivity contribution in [2.75, 3.05) is 44.6 Å². The number of hydrogen-bond acceptors (Lipinski definition) is 16. The van der Waals surface area contributed by atoms with Gasteiger partial charge in [-0.05, 0) is 108 Å². The Balaban J connectivity index is -0.000000220. The number of rotatable bonds is 10. The topological polar surface area (TPSA) is 258 Å². The van der Waals surface area contributed by atoms with Crippen LogP contribution in [-0.4, -0.2) is 98.5 Å². The fourth-order valence-corrected chi connectivity index (χ4v) is 4.08. The Hall–Kier alpha value is -4.01. The second-order valence-electron chi connectivity index (χ2n) is 11.0. The van der Waals surface area contributed by atoms with E-state index in [-0.39, 0.29) is 120 Å². The summed E-state index contributed by atoms with van der Waals surface area (Å²) < 4.78 is 26.2. The van der Waals surface area contributed by atoms with E-state index >= 15 is 0 Å². The molecule has 22 heteroatoms. The molecule has 0 atom stereocenters. The maximum Gasteiger partial charge on any atom is 1.00 e. The molecule has 0 aliphatic rings. The molecule has 5 rings (SSSR count). The van der Waals surface area contributed by atoms with Crippen molar-refractivity contribution in [1.82, 2.24) is 23.8 Å². The second kappa shape index (κ2) is 40.7. The average molecular weight is 942 g/mol. The average Bonchev–Trinajstić information content (AvgIpc) is 3.83. The summed E-state index contributed by atoms with van der Waals surface area (Å²) in [5, 5.41) is 9.33. The fraction of sp³-hybridized carbons (Fsp3) is 0.366. The number of anilines is 1. The molecule has 0 bridgehead atoms. The third-order valence-corrected chi connectivity index (χ3v) is 6.93. The Morgan fingerprint density at radius 2 is 1.16 bits per heavy atom. The van der Waals surface area contributed by atoms with Crippen LogP contribution in [0, 0.1) is 20.8 Å². The van der Waals surface area contributed by atoms with E-state index in [2.05, 4.69) is 29.2 Å². The van der Waals surface area contributed by atoms with Gasteiger partial charge in [-0.3, -0.25) is 18.4 Å². The fourth-order valence-electron chi connectivity index (χ4n) is 3.95. The van der Waals surface area contributed by atoms with Gasteiger partial charge in [0.05, 0.1) is 45.4 Å². The van der Waals surface area contributed by atoms with Crippen LogP contribution in [0.5, 0.6) is 0 Å². The smallest absolute Gasteiger partial charge is 0.877 e. The van der Waals surface area contributed by atoms with Gasteiger partial charge in [0.25, 0.3) is 6.47 Å². The Kier molecular flexibility index (Phi) is 44.0. The van der Waals surface area contributed by atoms with Gasteiger partial charge in [0.1, 0.15) is 28.0 Å². The van der Waals surface area contributed by atoms with E-state index in [4.69, 9.17) is 38.4 Å². The van der Waals surface area contributed by atoms with E-state index < -0.39 is 11.0 Å². The van der Waals surface area contributed by atoms with Crippen molar-refractivity contribution < 1.29 is 128 Å². The first-order valence-corrected chi connectivity index (χ1v) is 18.9. The van der Waals surface area contributed by atoms with Crippen LogP contribution < -0.4 is 81.1 Å². The van der Waals surface area contributed by atoms with Crippen molar-refractivity contribution in [1.29, 1.82) is 0 Å². The van der Waals surface area contributed by atoms with Crippen molar-refractivity contribution in [3.8, 4) is 0 Å². The van der Waals surface area contributed by atoms with Gasteiger partial charge in [0, 0.05) is 18.6 Å². The molecule has 0 saturated heterocycles. The number of carbonyl (C=O) groups excluding carboxylic acids is 5. The first-order chi connectivity index (χ1) is 28.2. The largest absolute Gasteiger partial charge is 1.00 e. The van der Waals surface area contributed by atoms with Crippen LogP contribution in [0.3, 0.4) is 0 Å². The maximum absolute atomic E-state index is 11.5. The van der Waals surface area contributed by atoms with E-state index in [1.54, 1.807) is 49.6 Å². The predicted molar refractivity (Wildman–Crippen MR) is 229 cm³/mol. The zero-order valence-corrected chi connectivity index (χ0v) is 41.4. The minimum absolute atomic E-state index is 0. The number of halogens is 2. The van der Waals surface area contributed by atoms with Crippen molar-refractivity contribution >= 4 is 70.7 Å². The molecular weight excluding hydrogens is 885 g/mol. The molecule has 5 aromatic heterocycles. The molecule has 0 unspecified atom stereocenters. The van der Waals surface area contributed by atoms with Gasteiger partial charge in [0.15, 0.2) is 11.4 Å². The molecule has 0 amide bonds. The number of esters is 4. The number of ether oxygens (including phenoxy) is 5. The van der Waals surface area contributed by atoms with Crippen LogP contribution in [0.4, 0.5) is 5.82 Å². The number of aromatic nitrogens is 5. The van der Waals surface area contributed by atoms with Gasteiger partial charge in [0.2, 0.25) is 0 Å². The van der Waals surface area contributed by atoms with Crippen LogP contribution in [0.15, 0.2) is 78.7 Å². The number of nitrogens with two attached hydrogens (primary N) is 1. The molecule has 338 valence electrons. The standard InChI is InChI=1S/2C11H12N2O2.C6H8N2.C5H7ClO3.C4H7ClO2.C3H6O2.CH4.K.Li.H2O/c2*1-3-15-11(14)9-7-12-10-6-8(2)4-5-13(9)10;1-5-2-3-8-6(7)4-5;1-2-9-5(8)4(6)3-7;1-2-7-4(6)3-5;1-2-5-3-4;;;;/h2*4-7H,3H2,1-2H3;2-4H,1H3,(H2,7,8);3,7H,2H2,1H3;2-3H2,1H3;3H,2H2,1H3;1H4;;;1H2/q;;;;;;;2*+1;/p-2/b;;;4-3+;;;;;;. The maximum atomic E-state index is 11.5. The van der Waals surface area contributed by atoms with Crippen molar-refractivity contribution in [2.45, 2.75) is 62.8 Å². The third-order valence-electron chi connectivity index (χ3n) is 6.47. The number of carbonyl (C=O) groups is 5. The number of fused-ring (bicyclic) bond motifs is 2. The van der Waals surface area contributed by atoms with Crippen molar-refractivity contribution in [2.24, 2.45) is 0 Å². The number of nitrogens with zero attached hydrogens (tertiary/aromatic N) is 5. The summed E-state index contributed by atoms with van der Waals surface area (Å²) in [6.45, 7) is 16.9. The molecule has 0 saturated carbocycles. The quantitative estimate of drug-likeness (QED) is 0.0369. The number of imidazole rings is 2. The second-order valence-corrected chi connectivity index (χ2v) is 11.7. The van der Waals surface area contributed by atoms with E-state index in [0.29, 0.717) is 50.1 Å². The molecule has 5 heterocycles. The van der Waals surface area contributed by atoms with Gasteiger partial charge in [-0.1, -0.05) is 19.0 Å². The summed E-state index contributed by atoms with van der Waals surface area (Å²) in [5.41, 5.74) is 11.2. The summed E-state index contributed by atoms with van der Waals surface area (Å²) in [7, 11) is 0. The van der Waals surface area contributed by atoms with Gasteiger partial charge < -0.3 is 40.0 Å². The number of pyridine rings is 3. The van der Waals surface area contributed by atoms with Gasteiger partial charge >= 0.3 is 94.1 Å². The minimum atomic E-state index is -0.769. The van der Waals surface area contributed by atoms with Crippen LogP contribution >= 0.6 is 23.2 Å². The molecule has 0 aliphatic carbocycles. The molecule has 0 aliphatic heterocycles. The van der Waals surface area contributed by atoms with E-state index in [1.807, 2.05) is 69.6 Å². The monoisotopic (exact) mass is 940 g/mol. The Labute approximate surface area is 433 Å². The number of alkyl halides is 1. The summed E-state index contributed by atoms with van der Waals surface area (Å²) in [6.07, 6.45) is 8.66. The summed E-state index contributed by atoms with van der Waals surface area (Å²) in [5.74, 6) is -1.26. The molecule has 18 nitrogen and oxygen atoms in total. The Bertz CT molecular complexity index is 1980. The summed E-state index contributed by atoms with van der Waals surface area (Å²) in [4.78, 5) is 64.7. The molecular formula is C41H56Cl2KLiN6O12. The molecule has 0 radical (unpaired) electrons. The zero-order chi connectivity index (χ0) is 44.8. The zero-order valence-electron chi connectivity index (χ0n) is 36.8. The van der Waals surface area contributed by atoms with Crippen molar-refractivity contribution in [3.05, 3.63) is 107 Å². The van der Waals surface area contributed by atoms with Crippen LogP contribution in [0.1, 0.15) is 79.7 Å². The molecule has 63 heavy (non-hydrogen) atoms. The normalized spacial score (nSPS) is 9.21. The van der Waals surface area contributed by atoms with Crippen LogP contribution in [-0.2, 0) is 38.1 Å². The molecule has 5 aromatic rings. The van der Waals surface area contributed by atoms with Gasteiger partial charge in [-0.2, -0.15) is 0 Å². The first kappa shape index (κ1) is 68.1. The summed E-state index contributed by atoms with van der Waals surface area (Å²) in [6, 6.07) is 11.4. The van der Waals surface area contributed by atoms with Crippen molar-refractivity contribution in [3.63, 3.8) is 0 Å². The summed E-state index contributed by atoms with van der Waals surface area (Å²) >= 11 is 10.1. The molecule has 3 N–H and O–H groups in total. The minimum Gasteiger partial charge on any atom is -0.877 e. The van der Waals surface area contributed by atoms with E-state index in [9.17, 15) is 29.1 Å². The molecule has 0 spiro atoms. The first-order valence-electron chi connectivity index (χ1n) is 18.0. The SMILES string of the molecule is C.CCOC(=O)/C(Cl)=C\[O-].CCOC(=O)CCl.CCOC(=O)c1cnc2cc(C)ccn12.CCOC(=O)c1cnc2cc(C)ccn12.CCOC=O.Cc1ccnc(N)c1.[K+].[Li+].[OH-]. The number of hydrogen-bond donors (Lipinski definition) is 1. The van der Waals surface area contributed by atoms with Crippen LogP contribution in [0.2, 0.25) is 0 Å². The third kappa shape index (κ3) is 28.4. The van der Waals surface area contributed by atoms with E-state index in [0.717, 1.165) is 28.0 Å². The van der Waals surface area contributed by atoms with Gasteiger partial charge in [-0.15, -0.1) is 17.9 Å². The molecule has 0 aromatic carbocycles. The Morgan fingerprint density at radius 3 is 1.44 bits per heavy atom. The Morgan fingerprint density at radius 1 is 0.730 bits per heavy atom. The van der Waals surface area contributed by atoms with E-state index in [1.165, 1.54) is 12.4 Å². The van der Waals surface area contributed by atoms with Crippen LogP contribution in [0.25, 0.3) is 11.3 Å². The molecule has 0 fully saturated rings. The number of aryl methyl sites for hydroxylation is 3. The van der Waals surface area contributed by atoms with Gasteiger partial charge in [-0.25, -0.2) is 29.3 Å². The number of nitrogen functional groups attached to an aromatic ring is 1.